The highest BCUT2D eigenvalue weighted by atomic mass is 19.1. The molecule has 0 unspecified atom stereocenters. The summed E-state index contributed by atoms with van der Waals surface area (Å²) in [5, 5.41) is 10.7. The lowest BCUT2D eigenvalue weighted by atomic mass is 9.92. The molecule has 0 saturated heterocycles. The molecule has 1 aromatic carbocycles. The lowest BCUT2D eigenvalue weighted by Gasteiger charge is -2.19. The first kappa shape index (κ1) is 12.0. The van der Waals surface area contributed by atoms with Crippen molar-refractivity contribution in [1.82, 2.24) is 0 Å². The van der Waals surface area contributed by atoms with Crippen LogP contribution in [0, 0.1) is 21.8 Å². The van der Waals surface area contributed by atoms with Crippen molar-refractivity contribution < 1.29 is 9.31 Å². The number of halogens is 1. The molecule has 0 spiro atoms. The van der Waals surface area contributed by atoms with Gasteiger partial charge in [0.15, 0.2) is 0 Å². The van der Waals surface area contributed by atoms with Gasteiger partial charge >= 0.3 is 0 Å². The van der Waals surface area contributed by atoms with Crippen LogP contribution in [0.2, 0.25) is 0 Å². The average molecular weight is 238 g/mol. The maximum Gasteiger partial charge on any atom is 0.269 e. The van der Waals surface area contributed by atoms with Crippen LogP contribution in [0.1, 0.15) is 37.3 Å². The maximum absolute atomic E-state index is 13.6. The molecule has 1 saturated carbocycles. The van der Waals surface area contributed by atoms with E-state index >= 15 is 0 Å². The number of nitro benzene ring substituents is 1. The van der Waals surface area contributed by atoms with E-state index in [4.69, 9.17) is 5.73 Å². The van der Waals surface area contributed by atoms with Crippen LogP contribution in [-0.4, -0.2) is 4.92 Å². The third-order valence-electron chi connectivity index (χ3n) is 3.46. The smallest absolute Gasteiger partial charge is 0.269 e. The van der Waals surface area contributed by atoms with Gasteiger partial charge < -0.3 is 5.73 Å². The van der Waals surface area contributed by atoms with Crippen molar-refractivity contribution in [3.63, 3.8) is 0 Å². The van der Waals surface area contributed by atoms with Crippen LogP contribution in [0.15, 0.2) is 18.2 Å². The second-order valence-corrected chi connectivity index (χ2v) is 4.53. The average Bonchev–Trinajstić information content (AvgIpc) is 2.81. The van der Waals surface area contributed by atoms with Gasteiger partial charge in [0.05, 0.1) is 4.92 Å². The summed E-state index contributed by atoms with van der Waals surface area (Å²) in [6, 6.07) is 3.12. The third kappa shape index (κ3) is 2.44. The predicted molar refractivity (Wildman–Crippen MR) is 61.9 cm³/mol. The normalized spacial score (nSPS) is 18.2. The Balaban J connectivity index is 2.29. The lowest BCUT2D eigenvalue weighted by Crippen LogP contribution is -2.20. The minimum Gasteiger partial charge on any atom is -0.324 e. The van der Waals surface area contributed by atoms with E-state index in [2.05, 4.69) is 0 Å². The maximum atomic E-state index is 13.6. The van der Waals surface area contributed by atoms with Crippen molar-refractivity contribution >= 4 is 5.69 Å². The zero-order chi connectivity index (χ0) is 12.4. The highest BCUT2D eigenvalue weighted by molar-refractivity contribution is 5.37. The van der Waals surface area contributed by atoms with Crippen LogP contribution in [0.5, 0.6) is 0 Å². The molecule has 2 rings (SSSR count). The van der Waals surface area contributed by atoms with Crippen LogP contribution in [0.25, 0.3) is 0 Å². The molecular weight excluding hydrogens is 223 g/mol. The first-order valence-electron chi connectivity index (χ1n) is 5.79. The first-order chi connectivity index (χ1) is 8.09. The highest BCUT2D eigenvalue weighted by Gasteiger charge is 2.26. The molecule has 0 aliphatic heterocycles. The molecule has 2 N–H and O–H groups in total. The standard InChI is InChI=1S/C12H15FN2O2/c13-11-6-5-9(15(16)17)7-10(11)12(14)8-3-1-2-4-8/h5-8,12H,1-4,14H2/t12-/m1/s1. The summed E-state index contributed by atoms with van der Waals surface area (Å²) in [7, 11) is 0. The molecule has 1 atom stereocenters. The van der Waals surface area contributed by atoms with E-state index < -0.39 is 16.8 Å². The summed E-state index contributed by atoms with van der Waals surface area (Å²) >= 11 is 0. The van der Waals surface area contributed by atoms with E-state index in [9.17, 15) is 14.5 Å². The second-order valence-electron chi connectivity index (χ2n) is 4.53. The number of benzene rings is 1. The summed E-state index contributed by atoms with van der Waals surface area (Å²) in [6.07, 6.45) is 4.16. The molecule has 1 aromatic rings. The third-order valence-corrected chi connectivity index (χ3v) is 3.46. The molecule has 0 heterocycles. The van der Waals surface area contributed by atoms with Gasteiger partial charge in [0.25, 0.3) is 5.69 Å². The van der Waals surface area contributed by atoms with Gasteiger partial charge in [0, 0.05) is 23.7 Å². The molecule has 1 aliphatic rings. The minimum absolute atomic E-state index is 0.102. The molecule has 5 heteroatoms. The van der Waals surface area contributed by atoms with E-state index in [0.717, 1.165) is 31.7 Å². The molecule has 0 aromatic heterocycles. The van der Waals surface area contributed by atoms with Crippen molar-refractivity contribution in [3.8, 4) is 0 Å². The second kappa shape index (κ2) is 4.79. The van der Waals surface area contributed by atoms with Gasteiger partial charge in [-0.25, -0.2) is 4.39 Å². The Hall–Kier alpha value is -1.49. The SMILES string of the molecule is N[C@@H](c1cc([N+](=O)[O-])ccc1F)C1CCCC1. The quantitative estimate of drug-likeness (QED) is 0.650. The minimum atomic E-state index is -0.524. The van der Waals surface area contributed by atoms with Crippen molar-refractivity contribution in [2.75, 3.05) is 0 Å². The molecular formula is C12H15FN2O2. The van der Waals surface area contributed by atoms with Crippen molar-refractivity contribution in [2.45, 2.75) is 31.7 Å². The summed E-state index contributed by atoms with van der Waals surface area (Å²) in [5.41, 5.74) is 6.18. The van der Waals surface area contributed by atoms with Gasteiger partial charge in [-0.2, -0.15) is 0 Å². The van der Waals surface area contributed by atoms with Crippen LogP contribution < -0.4 is 5.73 Å². The number of hydrogen-bond acceptors (Lipinski definition) is 3. The van der Waals surface area contributed by atoms with Crippen molar-refractivity contribution in [1.29, 1.82) is 0 Å². The lowest BCUT2D eigenvalue weighted by molar-refractivity contribution is -0.385. The summed E-state index contributed by atoms with van der Waals surface area (Å²) in [4.78, 5) is 10.1. The monoisotopic (exact) mass is 238 g/mol. The first-order valence-corrected chi connectivity index (χ1v) is 5.79. The number of nitrogens with two attached hydrogens (primary N) is 1. The Bertz CT molecular complexity index is 431. The molecule has 1 aliphatic carbocycles. The van der Waals surface area contributed by atoms with Gasteiger partial charge in [0.1, 0.15) is 5.82 Å². The van der Waals surface area contributed by atoms with Gasteiger partial charge in [0.2, 0.25) is 0 Å². The Morgan fingerprint density at radius 2 is 2.06 bits per heavy atom. The number of nitrogens with zero attached hydrogens (tertiary/aromatic N) is 1. The highest BCUT2D eigenvalue weighted by Crippen LogP contribution is 2.35. The Kier molecular flexibility index (Phi) is 3.38. The number of non-ortho nitro benzene ring substituents is 1. The van der Waals surface area contributed by atoms with Gasteiger partial charge in [-0.1, -0.05) is 12.8 Å². The van der Waals surface area contributed by atoms with Crippen LogP contribution >= 0.6 is 0 Å². The van der Waals surface area contributed by atoms with Crippen LogP contribution in [0.3, 0.4) is 0 Å². The predicted octanol–water partition coefficient (Wildman–Crippen LogP) is 2.92. The Morgan fingerprint density at radius 3 is 2.65 bits per heavy atom. The van der Waals surface area contributed by atoms with Gasteiger partial charge in [-0.05, 0) is 24.8 Å². The van der Waals surface area contributed by atoms with Crippen LogP contribution in [-0.2, 0) is 0 Å². The summed E-state index contributed by atoms with van der Waals surface area (Å²) < 4.78 is 13.6. The Labute approximate surface area is 98.8 Å². The molecule has 4 nitrogen and oxygen atoms in total. The molecule has 1 fully saturated rings. The summed E-state index contributed by atoms with van der Waals surface area (Å²) in [6.45, 7) is 0. The van der Waals surface area contributed by atoms with E-state index in [1.165, 1.54) is 12.1 Å². The molecule has 0 radical (unpaired) electrons. The number of nitro groups is 1. The fraction of sp³-hybridized carbons (Fsp3) is 0.500. The van der Waals surface area contributed by atoms with Crippen molar-refractivity contribution in [3.05, 3.63) is 39.7 Å². The number of rotatable bonds is 3. The van der Waals surface area contributed by atoms with Gasteiger partial charge in [-0.15, -0.1) is 0 Å². The Morgan fingerprint density at radius 1 is 1.41 bits per heavy atom. The molecule has 0 bridgehead atoms. The topological polar surface area (TPSA) is 69.2 Å². The van der Waals surface area contributed by atoms with E-state index in [-0.39, 0.29) is 17.2 Å². The van der Waals surface area contributed by atoms with E-state index in [1.54, 1.807) is 0 Å². The molecule has 17 heavy (non-hydrogen) atoms. The van der Waals surface area contributed by atoms with E-state index in [1.807, 2.05) is 0 Å². The van der Waals surface area contributed by atoms with Crippen molar-refractivity contribution in [2.24, 2.45) is 11.7 Å². The van der Waals surface area contributed by atoms with E-state index in [0.29, 0.717) is 0 Å². The van der Waals surface area contributed by atoms with Gasteiger partial charge in [-0.3, -0.25) is 10.1 Å². The zero-order valence-electron chi connectivity index (χ0n) is 9.43. The summed E-state index contributed by atoms with van der Waals surface area (Å²) in [5.74, 6) is -0.207. The fourth-order valence-corrected chi connectivity index (χ4v) is 2.47. The van der Waals surface area contributed by atoms with Crippen LogP contribution in [0.4, 0.5) is 10.1 Å². The largest absolute Gasteiger partial charge is 0.324 e. The fourth-order valence-electron chi connectivity index (χ4n) is 2.47. The molecule has 92 valence electrons. The molecule has 0 amide bonds. The zero-order valence-corrected chi connectivity index (χ0v) is 9.43. The number of hydrogen-bond donors (Lipinski definition) is 1.